The number of hydrogen-bond donors (Lipinski definition) is 1. The molecule has 0 saturated carbocycles. The average molecular weight is 298 g/mol. The third-order valence-corrected chi connectivity index (χ3v) is 3.67. The highest BCUT2D eigenvalue weighted by molar-refractivity contribution is 5.83. The summed E-state index contributed by atoms with van der Waals surface area (Å²) in [6.45, 7) is 0.824. The summed E-state index contributed by atoms with van der Waals surface area (Å²) in [7, 11) is 3.43. The van der Waals surface area contributed by atoms with Gasteiger partial charge >= 0.3 is 0 Å². The first kappa shape index (κ1) is 16.0. The van der Waals surface area contributed by atoms with Gasteiger partial charge in [-0.1, -0.05) is 42.5 Å². The molecule has 2 aromatic carbocycles. The fourth-order valence-corrected chi connectivity index (χ4v) is 2.45. The molecule has 0 heterocycles. The van der Waals surface area contributed by atoms with Crippen LogP contribution in [0.3, 0.4) is 0 Å². The van der Waals surface area contributed by atoms with Crippen LogP contribution in [0.4, 0.5) is 0 Å². The van der Waals surface area contributed by atoms with Gasteiger partial charge in [-0.3, -0.25) is 4.79 Å². The lowest BCUT2D eigenvalue weighted by molar-refractivity contribution is -0.131. The van der Waals surface area contributed by atoms with Crippen molar-refractivity contribution < 1.29 is 9.53 Å². The van der Waals surface area contributed by atoms with Gasteiger partial charge in [0, 0.05) is 20.1 Å². The number of nitrogens with zero attached hydrogens (tertiary/aromatic N) is 1. The summed E-state index contributed by atoms with van der Waals surface area (Å²) >= 11 is 0. The molecule has 2 aromatic rings. The molecule has 22 heavy (non-hydrogen) atoms. The third kappa shape index (κ3) is 3.86. The predicted octanol–water partition coefficient (Wildman–Crippen LogP) is 2.40. The Morgan fingerprint density at radius 1 is 1.18 bits per heavy atom. The van der Waals surface area contributed by atoms with Crippen molar-refractivity contribution in [3.05, 3.63) is 65.7 Å². The van der Waals surface area contributed by atoms with Gasteiger partial charge in [0.15, 0.2) is 0 Å². The van der Waals surface area contributed by atoms with Crippen LogP contribution in [0, 0.1) is 0 Å². The first-order chi connectivity index (χ1) is 10.7. The highest BCUT2D eigenvalue weighted by Gasteiger charge is 2.22. The number of hydrogen-bond acceptors (Lipinski definition) is 3. The van der Waals surface area contributed by atoms with Crippen LogP contribution in [-0.4, -0.2) is 31.5 Å². The van der Waals surface area contributed by atoms with Gasteiger partial charge in [-0.15, -0.1) is 0 Å². The smallest absolute Gasteiger partial charge is 0.231 e. The molecule has 0 spiro atoms. The van der Waals surface area contributed by atoms with Crippen LogP contribution in [-0.2, 0) is 11.3 Å². The lowest BCUT2D eigenvalue weighted by Gasteiger charge is -2.23. The monoisotopic (exact) mass is 298 g/mol. The van der Waals surface area contributed by atoms with Gasteiger partial charge in [-0.2, -0.15) is 0 Å². The van der Waals surface area contributed by atoms with Crippen LogP contribution in [0.15, 0.2) is 54.6 Å². The van der Waals surface area contributed by atoms with Crippen molar-refractivity contribution in [3.63, 3.8) is 0 Å². The van der Waals surface area contributed by atoms with Gasteiger partial charge in [0.25, 0.3) is 0 Å². The molecular weight excluding hydrogens is 276 g/mol. The van der Waals surface area contributed by atoms with E-state index in [9.17, 15) is 4.79 Å². The zero-order chi connectivity index (χ0) is 15.9. The van der Waals surface area contributed by atoms with Crippen LogP contribution in [0.1, 0.15) is 17.0 Å². The Morgan fingerprint density at radius 3 is 2.55 bits per heavy atom. The maximum absolute atomic E-state index is 12.6. The van der Waals surface area contributed by atoms with E-state index in [-0.39, 0.29) is 11.8 Å². The van der Waals surface area contributed by atoms with E-state index in [0.717, 1.165) is 16.9 Å². The Labute approximate surface area is 131 Å². The summed E-state index contributed by atoms with van der Waals surface area (Å²) < 4.78 is 5.21. The Hall–Kier alpha value is -2.33. The number of carbonyl (C=O) groups is 1. The van der Waals surface area contributed by atoms with E-state index >= 15 is 0 Å². The summed E-state index contributed by atoms with van der Waals surface area (Å²) in [4.78, 5) is 14.4. The van der Waals surface area contributed by atoms with Crippen molar-refractivity contribution in [1.82, 2.24) is 4.90 Å². The molecule has 0 saturated heterocycles. The first-order valence-corrected chi connectivity index (χ1v) is 7.28. The maximum Gasteiger partial charge on any atom is 0.231 e. The Bertz CT molecular complexity index is 613. The summed E-state index contributed by atoms with van der Waals surface area (Å²) in [5.74, 6) is 0.505. The van der Waals surface area contributed by atoms with Gasteiger partial charge in [-0.05, 0) is 23.3 Å². The molecule has 0 aromatic heterocycles. The average Bonchev–Trinajstić information content (AvgIpc) is 2.56. The number of ether oxygens (including phenoxy) is 1. The van der Waals surface area contributed by atoms with E-state index in [1.165, 1.54) is 0 Å². The Balaban J connectivity index is 2.10. The summed E-state index contributed by atoms with van der Waals surface area (Å²) in [5, 5.41) is 0. The molecule has 0 unspecified atom stereocenters. The molecular formula is C18H22N2O2. The van der Waals surface area contributed by atoms with Crippen LogP contribution in [0.2, 0.25) is 0 Å². The molecule has 4 nitrogen and oxygen atoms in total. The fraction of sp³-hybridized carbons (Fsp3) is 0.278. The second-order valence-corrected chi connectivity index (χ2v) is 5.24. The van der Waals surface area contributed by atoms with Gasteiger partial charge in [0.05, 0.1) is 13.0 Å². The molecule has 2 rings (SSSR count). The number of methoxy groups -OCH3 is 1. The van der Waals surface area contributed by atoms with Crippen molar-refractivity contribution in [1.29, 1.82) is 0 Å². The van der Waals surface area contributed by atoms with E-state index in [2.05, 4.69) is 0 Å². The number of benzene rings is 2. The molecule has 1 atom stereocenters. The summed E-state index contributed by atoms with van der Waals surface area (Å²) in [5.41, 5.74) is 7.79. The molecule has 0 aliphatic heterocycles. The molecule has 0 bridgehead atoms. The number of likely N-dealkylation sites (N-methyl/N-ethyl adjacent to an activating group) is 1. The summed E-state index contributed by atoms with van der Waals surface area (Å²) in [6, 6.07) is 17.4. The predicted molar refractivity (Wildman–Crippen MR) is 87.7 cm³/mol. The normalized spacial score (nSPS) is 11.8. The number of rotatable bonds is 6. The third-order valence-electron chi connectivity index (χ3n) is 3.67. The van der Waals surface area contributed by atoms with E-state index in [1.807, 2.05) is 54.6 Å². The van der Waals surface area contributed by atoms with Gasteiger partial charge in [0.1, 0.15) is 5.75 Å². The Kier molecular flexibility index (Phi) is 5.55. The minimum absolute atomic E-state index is 0.0246. The molecule has 0 aliphatic rings. The summed E-state index contributed by atoms with van der Waals surface area (Å²) in [6.07, 6.45) is 0. The second-order valence-electron chi connectivity index (χ2n) is 5.24. The SMILES string of the molecule is COc1cccc(CN(C)C(=O)[C@H](CN)c2ccccc2)c1. The largest absolute Gasteiger partial charge is 0.497 e. The van der Waals surface area contributed by atoms with Crippen LogP contribution >= 0.6 is 0 Å². The zero-order valence-electron chi connectivity index (χ0n) is 13.0. The van der Waals surface area contributed by atoms with E-state index < -0.39 is 0 Å². The highest BCUT2D eigenvalue weighted by atomic mass is 16.5. The van der Waals surface area contributed by atoms with Crippen molar-refractivity contribution in [2.45, 2.75) is 12.5 Å². The number of nitrogens with two attached hydrogens (primary N) is 1. The zero-order valence-corrected chi connectivity index (χ0v) is 13.0. The molecule has 116 valence electrons. The van der Waals surface area contributed by atoms with Crippen LogP contribution < -0.4 is 10.5 Å². The van der Waals surface area contributed by atoms with Crippen molar-refractivity contribution in [2.24, 2.45) is 5.73 Å². The molecule has 4 heteroatoms. The fourth-order valence-electron chi connectivity index (χ4n) is 2.45. The Morgan fingerprint density at radius 2 is 1.91 bits per heavy atom. The first-order valence-electron chi connectivity index (χ1n) is 7.28. The number of amides is 1. The highest BCUT2D eigenvalue weighted by Crippen LogP contribution is 2.19. The quantitative estimate of drug-likeness (QED) is 0.891. The lowest BCUT2D eigenvalue weighted by Crippen LogP contribution is -2.34. The van der Waals surface area contributed by atoms with Crippen molar-refractivity contribution in [3.8, 4) is 5.75 Å². The molecule has 2 N–H and O–H groups in total. The van der Waals surface area contributed by atoms with E-state index in [1.54, 1.807) is 19.1 Å². The molecule has 0 radical (unpaired) electrons. The van der Waals surface area contributed by atoms with E-state index in [4.69, 9.17) is 10.5 Å². The molecule has 0 fully saturated rings. The molecule has 0 aliphatic carbocycles. The van der Waals surface area contributed by atoms with Crippen molar-refractivity contribution in [2.75, 3.05) is 20.7 Å². The maximum atomic E-state index is 12.6. The minimum atomic E-state index is -0.309. The number of carbonyl (C=O) groups excluding carboxylic acids is 1. The van der Waals surface area contributed by atoms with Crippen molar-refractivity contribution >= 4 is 5.91 Å². The van der Waals surface area contributed by atoms with Gasteiger partial charge in [-0.25, -0.2) is 0 Å². The topological polar surface area (TPSA) is 55.6 Å². The van der Waals surface area contributed by atoms with Gasteiger partial charge < -0.3 is 15.4 Å². The lowest BCUT2D eigenvalue weighted by atomic mass is 9.97. The van der Waals surface area contributed by atoms with Crippen LogP contribution in [0.25, 0.3) is 0 Å². The van der Waals surface area contributed by atoms with Crippen LogP contribution in [0.5, 0.6) is 5.75 Å². The second kappa shape index (κ2) is 7.61. The van der Waals surface area contributed by atoms with E-state index in [0.29, 0.717) is 13.1 Å². The standard InChI is InChI=1S/C18H22N2O2/c1-20(13-14-7-6-10-16(11-14)22-2)18(21)17(12-19)15-8-4-3-5-9-15/h3-11,17H,12-13,19H2,1-2H3/t17-/m1/s1. The minimum Gasteiger partial charge on any atom is -0.497 e. The van der Waals surface area contributed by atoms with Gasteiger partial charge in [0.2, 0.25) is 5.91 Å². The molecule has 1 amide bonds.